The molecule has 0 saturated carbocycles. The minimum Gasteiger partial charge on any atom is -0.367 e. The highest BCUT2D eigenvalue weighted by Crippen LogP contribution is 2.41. The quantitative estimate of drug-likeness (QED) is 0.374. The Bertz CT molecular complexity index is 1630. The molecule has 0 radical (unpaired) electrons. The van der Waals surface area contributed by atoms with E-state index in [1.807, 2.05) is 36.1 Å². The molecular formula is C27H24F7N5O3. The molecular weight excluding hydrogens is 575 g/mol. The van der Waals surface area contributed by atoms with Gasteiger partial charge in [0.15, 0.2) is 5.82 Å². The Morgan fingerprint density at radius 3 is 2.14 bits per heavy atom. The van der Waals surface area contributed by atoms with Crippen LogP contribution in [0, 0.1) is 23.3 Å². The normalized spacial score (nSPS) is 17.8. The Kier molecular flexibility index (Phi) is 8.09. The number of hydrogen-bond acceptors (Lipinski definition) is 5. The number of rotatable bonds is 5. The van der Waals surface area contributed by atoms with E-state index in [4.69, 9.17) is 5.73 Å². The lowest BCUT2D eigenvalue weighted by Crippen LogP contribution is -2.55. The molecule has 224 valence electrons. The number of primary amides is 1. The van der Waals surface area contributed by atoms with Gasteiger partial charge >= 0.3 is 6.18 Å². The van der Waals surface area contributed by atoms with Gasteiger partial charge in [-0.05, 0) is 27.0 Å². The van der Waals surface area contributed by atoms with E-state index in [9.17, 15) is 36.3 Å². The molecule has 8 nitrogen and oxygen atoms in total. The number of carbonyl (C=O) groups is 2. The lowest BCUT2D eigenvalue weighted by Gasteiger charge is -2.44. The van der Waals surface area contributed by atoms with Crippen molar-refractivity contribution in [3.8, 4) is 11.1 Å². The third-order valence-corrected chi connectivity index (χ3v) is 7.20. The number of aromatic amines is 1. The number of piperazine rings is 1. The van der Waals surface area contributed by atoms with Crippen LogP contribution in [0.4, 0.5) is 42.1 Å². The first-order valence-corrected chi connectivity index (χ1v) is 12.4. The average Bonchev–Trinajstić information content (AvgIpc) is 2.88. The van der Waals surface area contributed by atoms with Crippen molar-refractivity contribution in [3.05, 3.63) is 80.8 Å². The maximum Gasteiger partial charge on any atom is 0.417 e. The molecule has 4 N–H and O–H groups in total. The first-order valence-electron chi connectivity index (χ1n) is 12.4. The molecule has 0 spiro atoms. The highest BCUT2D eigenvalue weighted by molar-refractivity contribution is 6.07. The lowest BCUT2D eigenvalue weighted by molar-refractivity contribution is -0.138. The van der Waals surface area contributed by atoms with Crippen LogP contribution in [0.3, 0.4) is 0 Å². The van der Waals surface area contributed by atoms with E-state index >= 15 is 8.78 Å². The smallest absolute Gasteiger partial charge is 0.367 e. The van der Waals surface area contributed by atoms with E-state index in [1.54, 1.807) is 0 Å². The van der Waals surface area contributed by atoms with Gasteiger partial charge in [-0.3, -0.25) is 19.3 Å². The van der Waals surface area contributed by atoms with E-state index in [1.165, 1.54) is 4.90 Å². The van der Waals surface area contributed by atoms with E-state index in [0.29, 0.717) is 12.3 Å². The topological polar surface area (TPSA) is 112 Å². The van der Waals surface area contributed by atoms with Gasteiger partial charge < -0.3 is 20.9 Å². The van der Waals surface area contributed by atoms with Gasteiger partial charge in [-0.25, -0.2) is 17.6 Å². The number of likely N-dealkylation sites (N-methyl/N-ethyl adjacent to an activating group) is 1. The summed E-state index contributed by atoms with van der Waals surface area (Å²) in [5, 5.41) is 2.02. The van der Waals surface area contributed by atoms with Gasteiger partial charge in [-0.1, -0.05) is 0 Å². The molecule has 2 amide bonds. The van der Waals surface area contributed by atoms with Crippen molar-refractivity contribution in [2.45, 2.75) is 32.1 Å². The van der Waals surface area contributed by atoms with E-state index < -0.39 is 80.3 Å². The number of halogens is 7. The van der Waals surface area contributed by atoms with Gasteiger partial charge in [-0.15, -0.1) is 0 Å². The predicted molar refractivity (Wildman–Crippen MR) is 139 cm³/mol. The van der Waals surface area contributed by atoms with Crippen molar-refractivity contribution < 1.29 is 40.3 Å². The van der Waals surface area contributed by atoms with E-state index in [2.05, 4.69) is 0 Å². The minimum absolute atomic E-state index is 0.144. The van der Waals surface area contributed by atoms with Crippen molar-refractivity contribution in [3.63, 3.8) is 0 Å². The fraction of sp³-hybridized carbons (Fsp3) is 0.296. The number of amides is 2. The number of alkyl halides is 3. The number of nitrogens with zero attached hydrogens (tertiary/aromatic N) is 2. The van der Waals surface area contributed by atoms with Gasteiger partial charge in [0.25, 0.3) is 11.8 Å². The third-order valence-electron chi connectivity index (χ3n) is 7.20. The number of pyridine rings is 1. The van der Waals surface area contributed by atoms with Gasteiger partial charge in [-0.2, -0.15) is 13.2 Å². The molecule has 42 heavy (non-hydrogen) atoms. The van der Waals surface area contributed by atoms with Crippen LogP contribution < -0.4 is 21.5 Å². The van der Waals surface area contributed by atoms with E-state index in [-0.39, 0.29) is 43.0 Å². The molecule has 1 saturated heterocycles. The molecule has 0 aliphatic carbocycles. The fourth-order valence-corrected chi connectivity index (χ4v) is 4.83. The number of aromatic nitrogens is 1. The predicted octanol–water partition coefficient (Wildman–Crippen LogP) is 4.50. The summed E-state index contributed by atoms with van der Waals surface area (Å²) >= 11 is 0. The van der Waals surface area contributed by atoms with Gasteiger partial charge in [0.1, 0.15) is 23.1 Å². The molecule has 4 rings (SSSR count). The number of nitrogens with one attached hydrogen (secondary N) is 2. The lowest BCUT2D eigenvalue weighted by atomic mass is 9.97. The van der Waals surface area contributed by atoms with Gasteiger partial charge in [0.2, 0.25) is 5.56 Å². The van der Waals surface area contributed by atoms with Crippen molar-refractivity contribution in [2.75, 3.05) is 30.4 Å². The monoisotopic (exact) mass is 599 g/mol. The minimum atomic E-state index is -5.15. The Labute approximate surface area is 233 Å². The number of nitrogens with two attached hydrogens (primary N) is 1. The van der Waals surface area contributed by atoms with Crippen molar-refractivity contribution in [1.82, 2.24) is 9.88 Å². The van der Waals surface area contributed by atoms with Gasteiger partial charge in [0, 0.05) is 55.1 Å². The summed E-state index contributed by atoms with van der Waals surface area (Å²) in [4.78, 5) is 41.7. The number of H-pyrrole nitrogens is 1. The first kappa shape index (κ1) is 30.6. The molecule has 1 fully saturated rings. The number of benzene rings is 2. The summed E-state index contributed by atoms with van der Waals surface area (Å²) in [6.07, 6.45) is -4.66. The van der Waals surface area contributed by atoms with Crippen LogP contribution in [0.5, 0.6) is 0 Å². The Balaban J connectivity index is 1.95. The fourth-order valence-electron chi connectivity index (χ4n) is 4.83. The Morgan fingerprint density at radius 2 is 1.57 bits per heavy atom. The zero-order valence-corrected chi connectivity index (χ0v) is 22.3. The zero-order chi connectivity index (χ0) is 31.3. The standard InChI is InChI=1S/C27H24F7N5O3/c1-11-9-39(10-12(2)38(11)3)20-7-19(30)22(13-4-14(25(35)41)18(29)6-17(13)28)23(31)24(20)37-26(42)15-8-36-21(40)5-16(15)27(32,33)34/h4-8,11-12H,9-10H2,1-3H3,(H2,35,41)(H,36,40)(H,37,42). The zero-order valence-electron chi connectivity index (χ0n) is 22.3. The SMILES string of the molecule is CC1CN(c2cc(F)c(-c3cc(C(N)=O)c(F)cc3F)c(F)c2NC(=O)c2c[nH]c(=O)cc2C(F)(F)F)CC(C)N1C. The first-order chi connectivity index (χ1) is 19.5. The number of hydrogen-bond donors (Lipinski definition) is 3. The Morgan fingerprint density at radius 1 is 0.952 bits per heavy atom. The summed E-state index contributed by atoms with van der Waals surface area (Å²) < 4.78 is 102. The molecule has 2 heterocycles. The Hall–Kier alpha value is -4.40. The highest BCUT2D eigenvalue weighted by Gasteiger charge is 2.37. The molecule has 2 unspecified atom stereocenters. The van der Waals surface area contributed by atoms with Gasteiger partial charge in [0.05, 0.1) is 27.9 Å². The molecule has 0 bridgehead atoms. The second-order valence-electron chi connectivity index (χ2n) is 9.96. The summed E-state index contributed by atoms with van der Waals surface area (Å²) in [6.45, 7) is 3.98. The van der Waals surface area contributed by atoms with Crippen LogP contribution in [0.1, 0.15) is 40.1 Å². The van der Waals surface area contributed by atoms with Crippen molar-refractivity contribution in [2.24, 2.45) is 5.73 Å². The maximum atomic E-state index is 16.2. The average molecular weight is 600 g/mol. The second kappa shape index (κ2) is 11.1. The molecule has 15 heteroatoms. The van der Waals surface area contributed by atoms with E-state index in [0.717, 1.165) is 6.07 Å². The van der Waals surface area contributed by atoms with Crippen molar-refractivity contribution >= 4 is 23.2 Å². The maximum absolute atomic E-state index is 16.2. The summed E-state index contributed by atoms with van der Waals surface area (Å²) in [5.74, 6) is -8.76. The summed E-state index contributed by atoms with van der Waals surface area (Å²) in [7, 11) is 1.82. The number of carbonyl (C=O) groups excluding carboxylic acids is 2. The number of anilines is 2. The van der Waals surface area contributed by atoms with Crippen molar-refractivity contribution in [1.29, 1.82) is 0 Å². The van der Waals surface area contributed by atoms with Crippen LogP contribution in [-0.4, -0.2) is 53.9 Å². The van der Waals surface area contributed by atoms with Crippen LogP contribution in [-0.2, 0) is 6.18 Å². The van der Waals surface area contributed by atoms with Crippen LogP contribution >= 0.6 is 0 Å². The molecule has 1 aromatic heterocycles. The second-order valence-corrected chi connectivity index (χ2v) is 9.96. The summed E-state index contributed by atoms with van der Waals surface area (Å²) in [6, 6.07) is 1.23. The van der Waals surface area contributed by atoms with Crippen LogP contribution in [0.25, 0.3) is 11.1 Å². The third kappa shape index (κ3) is 5.68. The molecule has 1 aliphatic rings. The summed E-state index contributed by atoms with van der Waals surface area (Å²) in [5.41, 5.74) is -2.81. The molecule has 1 aliphatic heterocycles. The molecule has 2 atom stereocenters. The highest BCUT2D eigenvalue weighted by atomic mass is 19.4. The van der Waals surface area contributed by atoms with Crippen LogP contribution in [0.15, 0.2) is 35.3 Å². The largest absolute Gasteiger partial charge is 0.417 e. The molecule has 3 aromatic rings. The molecule has 2 aromatic carbocycles. The van der Waals surface area contributed by atoms with Crippen LogP contribution in [0.2, 0.25) is 0 Å².